The van der Waals surface area contributed by atoms with Crippen molar-refractivity contribution in [3.05, 3.63) is 29.5 Å². The van der Waals surface area contributed by atoms with Crippen LogP contribution in [-0.2, 0) is 22.4 Å². The van der Waals surface area contributed by atoms with Crippen molar-refractivity contribution in [1.29, 1.82) is 0 Å². The molecule has 0 unspecified atom stereocenters. The van der Waals surface area contributed by atoms with Crippen LogP contribution in [0.3, 0.4) is 0 Å². The van der Waals surface area contributed by atoms with Gasteiger partial charge in [-0.05, 0) is 57.2 Å². The van der Waals surface area contributed by atoms with Crippen molar-refractivity contribution in [2.24, 2.45) is 5.92 Å². The Bertz CT molecular complexity index is 865. The van der Waals surface area contributed by atoms with Gasteiger partial charge in [-0.1, -0.05) is 0 Å². The van der Waals surface area contributed by atoms with Gasteiger partial charge in [0.1, 0.15) is 17.1 Å². The molecule has 2 aliphatic rings. The molecule has 1 saturated heterocycles. The molecule has 6 nitrogen and oxygen atoms in total. The van der Waals surface area contributed by atoms with E-state index in [0.717, 1.165) is 29.6 Å². The maximum absolute atomic E-state index is 12.5. The van der Waals surface area contributed by atoms with E-state index in [-0.39, 0.29) is 24.3 Å². The summed E-state index contributed by atoms with van der Waals surface area (Å²) in [5.74, 6) is 1.89. The minimum Gasteiger partial charge on any atom is -0.484 e. The van der Waals surface area contributed by atoms with Crippen LogP contribution in [0.15, 0.2) is 22.6 Å². The first-order valence-electron chi connectivity index (χ1n) is 10.4. The summed E-state index contributed by atoms with van der Waals surface area (Å²) in [5.41, 5.74) is 2.20. The van der Waals surface area contributed by atoms with Crippen LogP contribution in [0.2, 0.25) is 0 Å². The SMILES string of the molecule is CCNC(=O)C1CCN(C(=O)COc2ccc3oc4c(c3c2)CCCC4)CC1. The molecule has 4 rings (SSSR count). The zero-order chi connectivity index (χ0) is 19.5. The summed E-state index contributed by atoms with van der Waals surface area (Å²) in [5, 5.41) is 3.98. The number of piperidine rings is 1. The number of nitrogens with one attached hydrogen (secondary N) is 1. The van der Waals surface area contributed by atoms with Gasteiger partial charge in [0.05, 0.1) is 0 Å². The molecule has 0 spiro atoms. The highest BCUT2D eigenvalue weighted by atomic mass is 16.5. The fraction of sp³-hybridized carbons (Fsp3) is 0.545. The molecule has 1 aromatic carbocycles. The van der Waals surface area contributed by atoms with Crippen molar-refractivity contribution in [1.82, 2.24) is 10.2 Å². The summed E-state index contributed by atoms with van der Waals surface area (Å²) in [7, 11) is 0. The van der Waals surface area contributed by atoms with E-state index < -0.39 is 0 Å². The van der Waals surface area contributed by atoms with Crippen molar-refractivity contribution in [2.45, 2.75) is 45.4 Å². The average Bonchev–Trinajstić information content (AvgIpc) is 3.10. The Morgan fingerprint density at radius 2 is 2.00 bits per heavy atom. The number of rotatable bonds is 5. The lowest BCUT2D eigenvalue weighted by molar-refractivity contribution is -0.137. The number of carbonyl (C=O) groups excluding carboxylic acids is 2. The van der Waals surface area contributed by atoms with E-state index in [0.29, 0.717) is 38.2 Å². The fourth-order valence-corrected chi connectivity index (χ4v) is 4.28. The Kier molecular flexibility index (Phi) is 5.55. The fourth-order valence-electron chi connectivity index (χ4n) is 4.28. The third-order valence-corrected chi connectivity index (χ3v) is 5.86. The van der Waals surface area contributed by atoms with Gasteiger partial charge < -0.3 is 19.4 Å². The Labute approximate surface area is 165 Å². The van der Waals surface area contributed by atoms with Gasteiger partial charge in [0, 0.05) is 42.9 Å². The van der Waals surface area contributed by atoms with Crippen LogP contribution >= 0.6 is 0 Å². The predicted octanol–water partition coefficient (Wildman–Crippen LogP) is 3.07. The van der Waals surface area contributed by atoms with Crippen molar-refractivity contribution in [2.75, 3.05) is 26.2 Å². The number of ether oxygens (including phenoxy) is 1. The number of benzene rings is 1. The smallest absolute Gasteiger partial charge is 0.260 e. The monoisotopic (exact) mass is 384 g/mol. The highest BCUT2D eigenvalue weighted by Crippen LogP contribution is 2.34. The van der Waals surface area contributed by atoms with Crippen molar-refractivity contribution in [3.8, 4) is 5.75 Å². The highest BCUT2D eigenvalue weighted by molar-refractivity contribution is 5.84. The number of nitrogens with zero attached hydrogens (tertiary/aromatic N) is 1. The molecule has 0 bridgehead atoms. The van der Waals surface area contributed by atoms with Gasteiger partial charge in [-0.15, -0.1) is 0 Å². The van der Waals surface area contributed by atoms with Crippen LogP contribution in [-0.4, -0.2) is 43.0 Å². The first-order chi connectivity index (χ1) is 13.7. The largest absolute Gasteiger partial charge is 0.484 e. The van der Waals surface area contributed by atoms with E-state index in [4.69, 9.17) is 9.15 Å². The lowest BCUT2D eigenvalue weighted by Crippen LogP contribution is -2.44. The second-order valence-electron chi connectivity index (χ2n) is 7.71. The van der Waals surface area contributed by atoms with E-state index in [1.165, 1.54) is 18.4 Å². The van der Waals surface area contributed by atoms with Crippen LogP contribution in [0.4, 0.5) is 0 Å². The van der Waals surface area contributed by atoms with Gasteiger partial charge in [0.15, 0.2) is 6.61 Å². The molecular weight excluding hydrogens is 356 g/mol. The normalized spacial score (nSPS) is 17.4. The van der Waals surface area contributed by atoms with Gasteiger partial charge in [-0.25, -0.2) is 0 Å². The molecule has 150 valence electrons. The van der Waals surface area contributed by atoms with Gasteiger partial charge in [-0.2, -0.15) is 0 Å². The first-order valence-corrected chi connectivity index (χ1v) is 10.4. The molecule has 0 radical (unpaired) electrons. The standard InChI is InChI=1S/C22H28N2O4/c1-2-23-22(26)15-9-11-24(12-10-15)21(25)14-27-16-7-8-20-18(13-16)17-5-3-4-6-19(17)28-20/h7-8,13,15H,2-6,9-12,14H2,1H3,(H,23,26). The Balaban J connectivity index is 1.33. The topological polar surface area (TPSA) is 71.8 Å². The van der Waals surface area contributed by atoms with E-state index in [1.807, 2.05) is 25.1 Å². The maximum Gasteiger partial charge on any atom is 0.260 e. The summed E-state index contributed by atoms with van der Waals surface area (Å²) in [6.07, 6.45) is 5.85. The molecule has 2 heterocycles. The molecule has 1 N–H and O–H groups in total. The number of likely N-dealkylation sites (tertiary alicyclic amines) is 1. The lowest BCUT2D eigenvalue weighted by Gasteiger charge is -2.31. The number of aryl methyl sites for hydroxylation is 2. The van der Waals surface area contributed by atoms with E-state index in [2.05, 4.69) is 5.32 Å². The number of fused-ring (bicyclic) bond motifs is 3. The van der Waals surface area contributed by atoms with Crippen LogP contribution in [0.1, 0.15) is 43.9 Å². The van der Waals surface area contributed by atoms with Gasteiger partial charge >= 0.3 is 0 Å². The van der Waals surface area contributed by atoms with Gasteiger partial charge in [-0.3, -0.25) is 9.59 Å². The average molecular weight is 384 g/mol. The van der Waals surface area contributed by atoms with Crippen molar-refractivity contribution >= 4 is 22.8 Å². The molecule has 1 fully saturated rings. The minimum absolute atomic E-state index is 0.0135. The van der Waals surface area contributed by atoms with E-state index in [1.54, 1.807) is 4.90 Å². The summed E-state index contributed by atoms with van der Waals surface area (Å²) in [6.45, 7) is 3.81. The number of hydrogen-bond acceptors (Lipinski definition) is 4. The molecule has 1 aliphatic heterocycles. The van der Waals surface area contributed by atoms with Gasteiger partial charge in [0.2, 0.25) is 5.91 Å². The van der Waals surface area contributed by atoms with Crippen LogP contribution < -0.4 is 10.1 Å². The Hall–Kier alpha value is -2.50. The van der Waals surface area contributed by atoms with Crippen molar-refractivity contribution < 1.29 is 18.7 Å². The summed E-state index contributed by atoms with van der Waals surface area (Å²) < 4.78 is 11.7. The van der Waals surface area contributed by atoms with Crippen LogP contribution in [0.25, 0.3) is 11.0 Å². The molecule has 0 atom stereocenters. The second kappa shape index (κ2) is 8.25. The summed E-state index contributed by atoms with van der Waals surface area (Å²) >= 11 is 0. The van der Waals surface area contributed by atoms with Crippen molar-refractivity contribution in [3.63, 3.8) is 0 Å². The second-order valence-corrected chi connectivity index (χ2v) is 7.71. The summed E-state index contributed by atoms with van der Waals surface area (Å²) in [4.78, 5) is 26.2. The van der Waals surface area contributed by atoms with Gasteiger partial charge in [0.25, 0.3) is 5.91 Å². The molecule has 28 heavy (non-hydrogen) atoms. The van der Waals surface area contributed by atoms with E-state index in [9.17, 15) is 9.59 Å². The number of carbonyl (C=O) groups is 2. The maximum atomic E-state index is 12.5. The first kappa shape index (κ1) is 18.8. The quantitative estimate of drug-likeness (QED) is 0.860. The Morgan fingerprint density at radius 3 is 2.79 bits per heavy atom. The summed E-state index contributed by atoms with van der Waals surface area (Å²) in [6, 6.07) is 5.80. The third-order valence-electron chi connectivity index (χ3n) is 5.86. The zero-order valence-electron chi connectivity index (χ0n) is 16.5. The molecular formula is C22H28N2O4. The minimum atomic E-state index is -0.0244. The molecule has 1 aliphatic carbocycles. The van der Waals surface area contributed by atoms with E-state index >= 15 is 0 Å². The highest BCUT2D eigenvalue weighted by Gasteiger charge is 2.27. The number of amides is 2. The number of hydrogen-bond donors (Lipinski definition) is 1. The molecule has 2 aromatic rings. The lowest BCUT2D eigenvalue weighted by atomic mass is 9.96. The zero-order valence-corrected chi connectivity index (χ0v) is 16.5. The predicted molar refractivity (Wildman–Crippen MR) is 106 cm³/mol. The molecule has 1 aromatic heterocycles. The third kappa shape index (κ3) is 3.86. The van der Waals surface area contributed by atoms with Crippen LogP contribution in [0.5, 0.6) is 5.75 Å². The number of furan rings is 1. The van der Waals surface area contributed by atoms with Crippen LogP contribution in [0, 0.1) is 5.92 Å². The molecule has 2 amide bonds. The Morgan fingerprint density at radius 1 is 1.21 bits per heavy atom. The molecule has 6 heteroatoms. The molecule has 0 saturated carbocycles.